The third kappa shape index (κ3) is 5.60. The summed E-state index contributed by atoms with van der Waals surface area (Å²) in [6.07, 6.45) is 0.830. The zero-order valence-corrected chi connectivity index (χ0v) is 13.6. The lowest BCUT2D eigenvalue weighted by molar-refractivity contribution is 0.108. The van der Waals surface area contributed by atoms with E-state index >= 15 is 0 Å². The summed E-state index contributed by atoms with van der Waals surface area (Å²) in [7, 11) is 3.32. The van der Waals surface area contributed by atoms with Crippen molar-refractivity contribution in [2.45, 2.75) is 27.2 Å². The van der Waals surface area contributed by atoms with Crippen LogP contribution in [0.3, 0.4) is 0 Å². The highest BCUT2D eigenvalue weighted by Gasteiger charge is 2.06. The minimum absolute atomic E-state index is 0.500. The molecule has 0 amide bonds. The van der Waals surface area contributed by atoms with Crippen LogP contribution in [0.1, 0.15) is 32.8 Å². The first-order chi connectivity index (χ1) is 10.1. The molecule has 0 spiro atoms. The first kappa shape index (κ1) is 17.2. The number of benzene rings is 1. The van der Waals surface area contributed by atoms with Gasteiger partial charge in [-0.15, -0.1) is 0 Å². The fraction of sp³-hybridized carbons (Fsp3) is 0.471. The van der Waals surface area contributed by atoms with E-state index in [1.165, 1.54) is 0 Å². The largest absolute Gasteiger partial charge is 0.497 e. The highest BCUT2D eigenvalue weighted by atomic mass is 16.5. The van der Waals surface area contributed by atoms with Gasteiger partial charge in [-0.05, 0) is 55.7 Å². The van der Waals surface area contributed by atoms with Crippen LogP contribution in [0, 0.1) is 0 Å². The standard InChI is InChI=1S/C17H25NO3/c1-6-16(14-7-9-15(20-5)10-8-14)18-17(13(2)3)21-12-11-19-4/h7-10H,6,11-12H2,1-5H3/b18-16+. The fourth-order valence-corrected chi connectivity index (χ4v) is 1.76. The minimum Gasteiger partial charge on any atom is -0.497 e. The van der Waals surface area contributed by atoms with Crippen LogP contribution in [0.25, 0.3) is 0 Å². The summed E-state index contributed by atoms with van der Waals surface area (Å²) in [5.41, 5.74) is 3.12. The molecule has 116 valence electrons. The molecule has 0 N–H and O–H groups in total. The summed E-state index contributed by atoms with van der Waals surface area (Å²) in [5, 5.41) is 0. The molecule has 1 aromatic rings. The SMILES string of the molecule is CC/C(=N\C(OCCOC)=C(C)C)c1ccc(OC)cc1. The molecule has 21 heavy (non-hydrogen) atoms. The Morgan fingerprint density at radius 2 is 1.71 bits per heavy atom. The van der Waals surface area contributed by atoms with Crippen LogP contribution in [-0.2, 0) is 9.47 Å². The second-order valence-corrected chi connectivity index (χ2v) is 4.79. The molecule has 0 saturated heterocycles. The van der Waals surface area contributed by atoms with Gasteiger partial charge in [0, 0.05) is 7.11 Å². The first-order valence-electron chi connectivity index (χ1n) is 7.13. The van der Waals surface area contributed by atoms with Crippen molar-refractivity contribution in [3.63, 3.8) is 0 Å². The van der Waals surface area contributed by atoms with Gasteiger partial charge in [-0.1, -0.05) is 6.92 Å². The van der Waals surface area contributed by atoms with Crippen molar-refractivity contribution < 1.29 is 14.2 Å². The predicted octanol–water partition coefficient (Wildman–Crippen LogP) is 3.81. The van der Waals surface area contributed by atoms with Gasteiger partial charge in [0.15, 0.2) is 0 Å². The normalized spacial score (nSPS) is 11.2. The topological polar surface area (TPSA) is 40.0 Å². The van der Waals surface area contributed by atoms with Gasteiger partial charge < -0.3 is 14.2 Å². The zero-order chi connectivity index (χ0) is 15.7. The van der Waals surface area contributed by atoms with Gasteiger partial charge in [0.2, 0.25) is 5.88 Å². The summed E-state index contributed by atoms with van der Waals surface area (Å²) in [6.45, 7) is 7.12. The molecular formula is C17H25NO3. The van der Waals surface area contributed by atoms with Gasteiger partial charge >= 0.3 is 0 Å². The number of nitrogens with zero attached hydrogens (tertiary/aromatic N) is 1. The molecule has 0 aliphatic carbocycles. The average Bonchev–Trinajstić information content (AvgIpc) is 2.50. The molecular weight excluding hydrogens is 266 g/mol. The van der Waals surface area contributed by atoms with E-state index in [9.17, 15) is 0 Å². The lowest BCUT2D eigenvalue weighted by Crippen LogP contribution is -2.05. The summed E-state index contributed by atoms with van der Waals surface area (Å²) >= 11 is 0. The van der Waals surface area contributed by atoms with E-state index in [4.69, 9.17) is 14.2 Å². The van der Waals surface area contributed by atoms with E-state index in [1.54, 1.807) is 14.2 Å². The van der Waals surface area contributed by atoms with Gasteiger partial charge in [0.25, 0.3) is 0 Å². The highest BCUT2D eigenvalue weighted by molar-refractivity contribution is 6.01. The Balaban J connectivity index is 2.95. The van der Waals surface area contributed by atoms with E-state index in [2.05, 4.69) is 11.9 Å². The van der Waals surface area contributed by atoms with Crippen LogP contribution < -0.4 is 4.74 Å². The van der Waals surface area contributed by atoms with Crippen molar-refractivity contribution in [2.75, 3.05) is 27.4 Å². The van der Waals surface area contributed by atoms with Gasteiger partial charge in [-0.2, -0.15) is 0 Å². The van der Waals surface area contributed by atoms with Crippen molar-refractivity contribution in [2.24, 2.45) is 4.99 Å². The summed E-state index contributed by atoms with van der Waals surface area (Å²) in [6, 6.07) is 7.90. The second-order valence-electron chi connectivity index (χ2n) is 4.79. The number of aliphatic imine (C=N–C) groups is 1. The van der Waals surface area contributed by atoms with Crippen LogP contribution in [0.5, 0.6) is 5.75 Å². The number of methoxy groups -OCH3 is 2. The summed E-state index contributed by atoms with van der Waals surface area (Å²) in [4.78, 5) is 4.67. The molecule has 0 atom stereocenters. The van der Waals surface area contributed by atoms with Crippen molar-refractivity contribution in [3.05, 3.63) is 41.3 Å². The Hall–Kier alpha value is -1.81. The van der Waals surface area contributed by atoms with Crippen LogP contribution in [0.2, 0.25) is 0 Å². The van der Waals surface area contributed by atoms with Crippen molar-refractivity contribution in [1.82, 2.24) is 0 Å². The minimum atomic E-state index is 0.500. The average molecular weight is 291 g/mol. The molecule has 0 unspecified atom stereocenters. The molecule has 4 heteroatoms. The Kier molecular flexibility index (Phi) is 7.54. The molecule has 4 nitrogen and oxygen atoms in total. The molecule has 1 rings (SSSR count). The van der Waals surface area contributed by atoms with E-state index in [0.717, 1.165) is 29.0 Å². The van der Waals surface area contributed by atoms with Gasteiger partial charge in [-0.25, -0.2) is 4.99 Å². The molecule has 0 radical (unpaired) electrons. The predicted molar refractivity (Wildman–Crippen MR) is 86.0 cm³/mol. The molecule has 0 heterocycles. The zero-order valence-electron chi connectivity index (χ0n) is 13.6. The lowest BCUT2D eigenvalue weighted by atomic mass is 10.1. The lowest BCUT2D eigenvalue weighted by Gasteiger charge is -2.11. The van der Waals surface area contributed by atoms with Gasteiger partial charge in [-0.3, -0.25) is 0 Å². The molecule has 0 aliphatic heterocycles. The molecule has 0 fully saturated rings. The number of ether oxygens (including phenoxy) is 3. The van der Waals surface area contributed by atoms with Crippen LogP contribution in [0.15, 0.2) is 40.7 Å². The summed E-state index contributed by atoms with van der Waals surface area (Å²) < 4.78 is 15.9. The highest BCUT2D eigenvalue weighted by Crippen LogP contribution is 2.16. The maximum Gasteiger partial charge on any atom is 0.212 e. The maximum absolute atomic E-state index is 5.69. The van der Waals surface area contributed by atoms with Crippen LogP contribution in [-0.4, -0.2) is 33.1 Å². The van der Waals surface area contributed by atoms with Crippen molar-refractivity contribution in [3.8, 4) is 5.75 Å². The smallest absolute Gasteiger partial charge is 0.212 e. The van der Waals surface area contributed by atoms with Crippen LogP contribution >= 0.6 is 0 Å². The molecule has 0 bridgehead atoms. The Morgan fingerprint density at radius 3 is 2.19 bits per heavy atom. The fourth-order valence-electron chi connectivity index (χ4n) is 1.76. The Morgan fingerprint density at radius 1 is 1.05 bits per heavy atom. The van der Waals surface area contributed by atoms with E-state index in [1.807, 2.05) is 38.1 Å². The quantitative estimate of drug-likeness (QED) is 0.415. The van der Waals surface area contributed by atoms with Crippen LogP contribution in [0.4, 0.5) is 0 Å². The van der Waals surface area contributed by atoms with E-state index < -0.39 is 0 Å². The molecule has 1 aromatic carbocycles. The number of allylic oxidation sites excluding steroid dienone is 1. The molecule has 0 aromatic heterocycles. The first-order valence-corrected chi connectivity index (χ1v) is 7.13. The van der Waals surface area contributed by atoms with E-state index in [-0.39, 0.29) is 0 Å². The second kappa shape index (κ2) is 9.19. The Bertz CT molecular complexity index is 485. The van der Waals surface area contributed by atoms with E-state index in [0.29, 0.717) is 19.1 Å². The molecule has 0 saturated carbocycles. The third-order valence-electron chi connectivity index (χ3n) is 2.95. The van der Waals surface area contributed by atoms with Gasteiger partial charge in [0.1, 0.15) is 12.4 Å². The summed E-state index contributed by atoms with van der Waals surface area (Å²) in [5.74, 6) is 1.51. The maximum atomic E-state index is 5.69. The Labute approximate surface area is 127 Å². The number of rotatable bonds is 8. The number of hydrogen-bond acceptors (Lipinski definition) is 4. The van der Waals surface area contributed by atoms with Gasteiger partial charge in [0.05, 0.1) is 19.4 Å². The van der Waals surface area contributed by atoms with Crippen molar-refractivity contribution >= 4 is 5.71 Å². The molecule has 0 aliphatic rings. The third-order valence-corrected chi connectivity index (χ3v) is 2.95. The number of hydrogen-bond donors (Lipinski definition) is 0. The van der Waals surface area contributed by atoms with Crippen molar-refractivity contribution in [1.29, 1.82) is 0 Å². The monoisotopic (exact) mass is 291 g/mol.